The average Bonchev–Trinajstić information content (AvgIpc) is 1.61. The smallest absolute Gasteiger partial charge is 0.237 e. The molecule has 0 N–H and O–H groups in total. The normalized spacial score (nSPS) is 11.4. The number of aromatic nitrogens is 5. The summed E-state index contributed by atoms with van der Waals surface area (Å²) in [5.41, 5.74) is 39.9. The fraction of sp³-hybridized carbons (Fsp3) is 0.238. The van der Waals surface area contributed by atoms with Gasteiger partial charge in [0.1, 0.15) is 91.1 Å². The van der Waals surface area contributed by atoms with Crippen LogP contribution < -0.4 is 22.8 Å². The lowest BCUT2D eigenvalue weighted by Gasteiger charge is -2.11. The first kappa shape index (κ1) is 96.3. The van der Waals surface area contributed by atoms with Crippen LogP contribution >= 0.6 is 0 Å². The number of furan rings is 5. The summed E-state index contributed by atoms with van der Waals surface area (Å²) in [7, 11) is 10.2. The second-order valence-electron chi connectivity index (χ2n) is 39.4. The highest BCUT2D eigenvalue weighted by Crippen LogP contribution is 2.52. The lowest BCUT2D eigenvalue weighted by Crippen LogP contribution is -2.30. The molecule has 0 radical (unpaired) electrons. The molecular formula is C126H119N10O5+5. The molecule has 0 saturated heterocycles. The van der Waals surface area contributed by atoms with Crippen LogP contribution in [0.2, 0.25) is 0 Å². The van der Waals surface area contributed by atoms with E-state index in [1.165, 1.54) is 33.4 Å². The maximum Gasteiger partial charge on any atom is 0.237 e. The van der Waals surface area contributed by atoms with Gasteiger partial charge >= 0.3 is 0 Å². The van der Waals surface area contributed by atoms with E-state index in [4.69, 9.17) is 54.9 Å². The summed E-state index contributed by atoms with van der Waals surface area (Å²) >= 11 is 0. The van der Waals surface area contributed by atoms with Crippen molar-refractivity contribution in [3.05, 3.63) is 378 Å². The summed E-state index contributed by atoms with van der Waals surface area (Å²) in [5.74, 6) is 1.75. The first-order valence-electron chi connectivity index (χ1n) is 48.4. The molecule has 21 rings (SSSR count). The summed E-state index contributed by atoms with van der Waals surface area (Å²) in [6.07, 6.45) is 12.9. The van der Waals surface area contributed by atoms with Crippen molar-refractivity contribution in [2.45, 2.75) is 150 Å². The molecular weight excluding hydrogens is 1730 g/mol. The highest BCUT2D eigenvalue weighted by atomic mass is 16.3. The van der Waals surface area contributed by atoms with Gasteiger partial charge in [-0.15, -0.1) is 0 Å². The van der Waals surface area contributed by atoms with E-state index in [0.29, 0.717) is 57.4 Å². The monoisotopic (exact) mass is 1850 g/mol. The predicted octanol–water partition coefficient (Wildman–Crippen LogP) is 32.6. The Kier molecular flexibility index (Phi) is 27.1. The summed E-state index contributed by atoms with van der Waals surface area (Å²) in [6.45, 7) is 77.6. The van der Waals surface area contributed by atoms with Gasteiger partial charge in [0.25, 0.3) is 0 Å². The molecule has 0 bridgehead atoms. The maximum atomic E-state index is 7.94. The van der Waals surface area contributed by atoms with Gasteiger partial charge in [0, 0.05) is 115 Å². The quantitative estimate of drug-likeness (QED) is 0.0844. The van der Waals surface area contributed by atoms with Gasteiger partial charge in [0.2, 0.25) is 56.9 Å². The molecule has 0 amide bonds. The largest absolute Gasteiger partial charge is 0.466 e. The SMILES string of the molecule is [C-]#[N+]c1c(-c2ccccc2)c(C)cc2c1oc1c(-c3cccc[n+]3C)c(C)ccc12.[C-]#[N+]c1c(C(C)C)ccc2c1oc1c(-c3cccc[n+]3C)c(C)cc(C)c12.[C-]#[N+]c1c(CC(C)C)c(C)cc2c1oc1c(-c3cccc[n+]3C)c(C)ccc12.[C-]#[N+]c1c(CC(C)C)cc(C)c2c1oc1c(-c3cccc[n+]3C)c(C)ccc12.[C-]#[N+]c1c(CC(C)C)ccc2c1oc1c(-c3cccc[n+]3C)c(C)cc(C)c12. The van der Waals surface area contributed by atoms with Crippen LogP contribution in [0.4, 0.5) is 28.4 Å². The molecule has 0 aliphatic heterocycles. The zero-order valence-corrected chi connectivity index (χ0v) is 85.0. The number of fused-ring (bicyclic) bond motifs is 15. The second-order valence-corrected chi connectivity index (χ2v) is 39.4. The molecule has 0 fully saturated rings. The lowest BCUT2D eigenvalue weighted by molar-refractivity contribution is -0.660. The molecule has 15 nitrogen and oxygen atoms in total. The Morgan fingerprint density at radius 3 is 0.965 bits per heavy atom. The Morgan fingerprint density at radius 2 is 0.553 bits per heavy atom. The Labute approximate surface area is 826 Å². The van der Waals surface area contributed by atoms with Crippen LogP contribution in [0.25, 0.3) is 201 Å². The molecule has 10 aromatic heterocycles. The summed E-state index contributed by atoms with van der Waals surface area (Å²) in [4.78, 5) is 19.4. The van der Waals surface area contributed by atoms with Gasteiger partial charge in [-0.1, -0.05) is 176 Å². The van der Waals surface area contributed by atoms with Crippen molar-refractivity contribution in [3.63, 3.8) is 0 Å². The van der Waals surface area contributed by atoms with Crippen LogP contribution in [0.5, 0.6) is 0 Å². The van der Waals surface area contributed by atoms with E-state index in [-0.39, 0.29) is 5.92 Å². The molecule has 0 aliphatic carbocycles. The molecule has 141 heavy (non-hydrogen) atoms. The van der Waals surface area contributed by atoms with Crippen LogP contribution in [0.15, 0.2) is 265 Å². The molecule has 698 valence electrons. The standard InChI is InChI=1S/C27H21N2O.3C25H25N2O.C24H23N2O/c1-17-13-14-20-21-16-18(2)23(19-10-6-5-7-11-19)25(28-3)27(21)30-26(20)24(17)22-12-8-9-15-29(22)4;1-15(2)13-18-10-11-19-21-16(3)14-17(4)22(20-9-7-8-12-27(20)6)25(21)28-24(19)23(18)26-5;1-15(2)13-18-14-17(4)21-19-11-10-16(3)22(20-9-7-8-12-27(20)6)24(19)28-25(21)23(18)26-5;1-15(2)13-19-17(4)14-20-18-11-10-16(3)22(21-9-7-8-12-27(21)6)24(18)28-25(20)23(19)26-5;1-14(2)17-10-11-18-20-15(3)13-16(4)21(19-9-7-8-12-26(19)6)24(20)27-23(18)22(17)25-5/h5-16H,1-2,4H3;3*7-12,14-15H,13H2,1-4,6H3;7-14H,1-4,6H3/q5*+1. The van der Waals surface area contributed by atoms with Crippen molar-refractivity contribution < 1.29 is 44.9 Å². The van der Waals surface area contributed by atoms with Crippen LogP contribution in [0, 0.1) is 120 Å². The minimum Gasteiger partial charge on any atom is -0.466 e. The lowest BCUT2D eigenvalue weighted by atomic mass is 9.94. The van der Waals surface area contributed by atoms with E-state index in [9.17, 15) is 0 Å². The van der Waals surface area contributed by atoms with E-state index in [2.05, 4.69) is 312 Å². The van der Waals surface area contributed by atoms with Gasteiger partial charge in [-0.2, -0.15) is 0 Å². The summed E-state index contributed by atoms with van der Waals surface area (Å²) < 4.78 is 42.9. The van der Waals surface area contributed by atoms with Crippen LogP contribution in [-0.4, -0.2) is 0 Å². The fourth-order valence-electron chi connectivity index (χ4n) is 21.0. The highest BCUT2D eigenvalue weighted by molar-refractivity contribution is 6.20. The van der Waals surface area contributed by atoms with Crippen LogP contribution in [-0.2, 0) is 54.5 Å². The predicted molar refractivity (Wildman–Crippen MR) is 575 cm³/mol. The van der Waals surface area contributed by atoms with Crippen LogP contribution in [0.3, 0.4) is 0 Å². The van der Waals surface area contributed by atoms with Crippen molar-refractivity contribution in [2.24, 2.45) is 53.0 Å². The van der Waals surface area contributed by atoms with E-state index in [0.717, 1.165) is 230 Å². The van der Waals surface area contributed by atoms with E-state index in [1.54, 1.807) is 0 Å². The molecule has 0 atom stereocenters. The zero-order chi connectivity index (χ0) is 100. The van der Waals surface area contributed by atoms with Crippen molar-refractivity contribution >= 4 is 138 Å². The average molecular weight is 1850 g/mol. The van der Waals surface area contributed by atoms with Gasteiger partial charge in [-0.3, -0.25) is 0 Å². The van der Waals surface area contributed by atoms with Crippen molar-refractivity contribution in [2.75, 3.05) is 0 Å². The minimum atomic E-state index is 0.279. The van der Waals surface area contributed by atoms with Gasteiger partial charge in [0.05, 0.1) is 60.7 Å². The number of hydrogen-bond acceptors (Lipinski definition) is 5. The first-order valence-corrected chi connectivity index (χ1v) is 48.4. The molecule has 0 saturated carbocycles. The molecule has 21 aromatic rings. The molecule has 11 aromatic carbocycles. The maximum absolute atomic E-state index is 7.94. The van der Waals surface area contributed by atoms with E-state index in [1.807, 2.05) is 138 Å². The zero-order valence-electron chi connectivity index (χ0n) is 85.0. The third-order valence-corrected chi connectivity index (χ3v) is 27.5. The van der Waals surface area contributed by atoms with Gasteiger partial charge in [0.15, 0.2) is 31.0 Å². The van der Waals surface area contributed by atoms with Crippen molar-refractivity contribution in [1.29, 1.82) is 0 Å². The molecule has 0 unspecified atom stereocenters. The number of nitrogens with zero attached hydrogens (tertiary/aromatic N) is 10. The topological polar surface area (TPSA) is 107 Å². The third kappa shape index (κ3) is 17.7. The Morgan fingerprint density at radius 1 is 0.241 bits per heavy atom. The highest BCUT2D eigenvalue weighted by Gasteiger charge is 2.32. The summed E-state index contributed by atoms with van der Waals surface area (Å²) in [6, 6.07) is 73.2. The van der Waals surface area contributed by atoms with Crippen molar-refractivity contribution in [1.82, 2.24) is 0 Å². The van der Waals surface area contributed by atoms with Gasteiger partial charge in [-0.25, -0.2) is 47.1 Å². The van der Waals surface area contributed by atoms with E-state index >= 15 is 0 Å². The van der Waals surface area contributed by atoms with Crippen LogP contribution in [0.1, 0.15) is 139 Å². The molecule has 0 spiro atoms. The molecule has 15 heteroatoms. The number of benzene rings is 11. The minimum absolute atomic E-state index is 0.279. The number of pyridine rings is 5. The Hall–Kier alpha value is -16.4. The molecule has 0 aliphatic rings. The molecule has 10 heterocycles. The van der Waals surface area contributed by atoms with E-state index < -0.39 is 0 Å². The number of hydrogen-bond donors (Lipinski definition) is 0. The number of rotatable bonds is 13. The number of aryl methyl sites for hydroxylation is 15. The van der Waals surface area contributed by atoms with Crippen molar-refractivity contribution in [3.8, 4) is 67.4 Å². The third-order valence-electron chi connectivity index (χ3n) is 27.5. The summed E-state index contributed by atoms with van der Waals surface area (Å²) in [5, 5.41) is 10.6. The Balaban J connectivity index is 0.000000121. The first-order chi connectivity index (χ1) is 67.8. The fourth-order valence-corrected chi connectivity index (χ4v) is 21.0. The van der Waals surface area contributed by atoms with Gasteiger partial charge in [-0.05, 0) is 233 Å². The second kappa shape index (κ2) is 39.6. The Bertz CT molecular complexity index is 8850. The van der Waals surface area contributed by atoms with Gasteiger partial charge < -0.3 is 22.1 Å².